The first-order valence-corrected chi connectivity index (χ1v) is 13.0. The van der Waals surface area contributed by atoms with Crippen LogP contribution in [0.5, 0.6) is 0 Å². The van der Waals surface area contributed by atoms with Crippen molar-refractivity contribution in [3.05, 3.63) is 10.8 Å². The number of β-lactam (4-membered cyclic amide) rings is 1. The van der Waals surface area contributed by atoms with Crippen molar-refractivity contribution in [3.8, 4) is 0 Å². The second-order valence-electron chi connectivity index (χ2n) is 9.91. The molecule has 4 heterocycles. The molecule has 204 valence electrons. The van der Waals surface area contributed by atoms with Gasteiger partial charge in [0.25, 0.3) is 0 Å². The van der Waals surface area contributed by atoms with Crippen LogP contribution in [0.1, 0.15) is 27.2 Å². The molecule has 0 aromatic heterocycles. The van der Waals surface area contributed by atoms with Crippen molar-refractivity contribution in [2.45, 2.75) is 62.7 Å². The third-order valence-electron chi connectivity index (χ3n) is 7.19. The highest BCUT2D eigenvalue weighted by molar-refractivity contribution is 8.03. The lowest BCUT2D eigenvalue weighted by atomic mass is 9.79. The Kier molecular flexibility index (Phi) is 7.57. The summed E-state index contributed by atoms with van der Waals surface area (Å²) in [6, 6.07) is -1.67. The molecule has 4 aliphatic rings. The van der Waals surface area contributed by atoms with Gasteiger partial charge in [-0.1, -0.05) is 6.92 Å². The second kappa shape index (κ2) is 10.4. The number of aliphatic hydroxyl groups excluding tert-OH is 1. The second-order valence-corrected chi connectivity index (χ2v) is 11.2. The highest BCUT2D eigenvalue weighted by Gasteiger charge is 2.60. The predicted molar refractivity (Wildman–Crippen MR) is 133 cm³/mol. The number of aliphatic imine (C=N–C) groups is 1. The minimum atomic E-state index is -1.51. The molecular weight excluding hydrogens is 506 g/mol. The standard InChI is InChI=1S/C22H33N7O7S/c1-8-15-14(10(3)30)19(33)29(15)20(36-22(34)35)16(8)37-12-4-13(25-5-12)18(32)28-6-11(7-28)27-17(31)9(2)26-21(23)24/h8-15,25,30H,4-7H2,1-3H3,(H,27,31)(H,34,35)(H4,23,24,26)/t8?,9?,10?,12?,13?,14?,15-/m0/s1. The van der Waals surface area contributed by atoms with E-state index in [1.54, 1.807) is 18.7 Å². The molecule has 37 heavy (non-hydrogen) atoms. The van der Waals surface area contributed by atoms with Crippen molar-refractivity contribution >= 4 is 41.6 Å². The van der Waals surface area contributed by atoms with Gasteiger partial charge in [-0.3, -0.25) is 19.3 Å². The molecule has 3 amide bonds. The van der Waals surface area contributed by atoms with Gasteiger partial charge in [-0.05, 0) is 20.3 Å². The van der Waals surface area contributed by atoms with Crippen molar-refractivity contribution in [1.29, 1.82) is 0 Å². The molecule has 0 spiro atoms. The Hall–Kier alpha value is -3.04. The number of amides is 3. The van der Waals surface area contributed by atoms with E-state index in [9.17, 15) is 29.4 Å². The molecule has 4 aliphatic heterocycles. The van der Waals surface area contributed by atoms with Gasteiger partial charge < -0.3 is 42.0 Å². The Balaban J connectivity index is 1.32. The first kappa shape index (κ1) is 27.0. The average molecular weight is 540 g/mol. The van der Waals surface area contributed by atoms with E-state index in [0.29, 0.717) is 31.0 Å². The minimum Gasteiger partial charge on any atom is -0.449 e. The van der Waals surface area contributed by atoms with Gasteiger partial charge in [-0.2, -0.15) is 0 Å². The lowest BCUT2D eigenvalue weighted by Gasteiger charge is -2.45. The van der Waals surface area contributed by atoms with Crippen molar-refractivity contribution < 1.29 is 34.1 Å². The van der Waals surface area contributed by atoms with Crippen molar-refractivity contribution in [2.75, 3.05) is 19.6 Å². The van der Waals surface area contributed by atoms with Crippen molar-refractivity contribution in [3.63, 3.8) is 0 Å². The van der Waals surface area contributed by atoms with Gasteiger partial charge >= 0.3 is 6.16 Å². The van der Waals surface area contributed by atoms with Crippen LogP contribution in [-0.2, 0) is 19.1 Å². The highest BCUT2D eigenvalue weighted by Crippen LogP contribution is 2.52. The number of rotatable bonds is 8. The van der Waals surface area contributed by atoms with Gasteiger partial charge in [-0.15, -0.1) is 11.8 Å². The number of carbonyl (C=O) groups is 4. The maximum absolute atomic E-state index is 13.0. The molecule has 0 radical (unpaired) electrons. The van der Waals surface area contributed by atoms with E-state index >= 15 is 0 Å². The molecule has 0 aromatic rings. The summed E-state index contributed by atoms with van der Waals surface area (Å²) in [4.78, 5) is 56.4. The van der Waals surface area contributed by atoms with Crippen LogP contribution in [0.4, 0.5) is 4.79 Å². The summed E-state index contributed by atoms with van der Waals surface area (Å²) in [5, 5.41) is 25.2. The minimum absolute atomic E-state index is 0.00274. The summed E-state index contributed by atoms with van der Waals surface area (Å²) in [6.07, 6.45) is -1.87. The molecule has 0 bridgehead atoms. The number of thioether (sulfide) groups is 1. The Morgan fingerprint density at radius 1 is 1.27 bits per heavy atom. The smallest absolute Gasteiger partial charge is 0.449 e. The summed E-state index contributed by atoms with van der Waals surface area (Å²) < 4.78 is 5.00. The zero-order chi connectivity index (χ0) is 27.2. The number of likely N-dealkylation sites (tertiary alicyclic amines) is 1. The zero-order valence-corrected chi connectivity index (χ0v) is 21.6. The number of carbonyl (C=O) groups excluding carboxylic acids is 3. The summed E-state index contributed by atoms with van der Waals surface area (Å²) in [5.74, 6) is -1.75. The fraction of sp³-hybridized carbons (Fsp3) is 0.682. The summed E-state index contributed by atoms with van der Waals surface area (Å²) in [5.41, 5.74) is 10.6. The Morgan fingerprint density at radius 3 is 2.54 bits per heavy atom. The fourth-order valence-electron chi connectivity index (χ4n) is 5.34. The van der Waals surface area contributed by atoms with Crippen molar-refractivity contribution in [1.82, 2.24) is 20.4 Å². The molecule has 14 nitrogen and oxygen atoms in total. The monoisotopic (exact) mass is 539 g/mol. The van der Waals surface area contributed by atoms with E-state index in [1.807, 2.05) is 6.92 Å². The third kappa shape index (κ3) is 5.20. The molecule has 4 rings (SSSR count). The number of fused-ring (bicyclic) bond motifs is 1. The highest BCUT2D eigenvalue weighted by atomic mass is 32.2. The molecule has 0 saturated carbocycles. The summed E-state index contributed by atoms with van der Waals surface area (Å²) >= 11 is 1.40. The summed E-state index contributed by atoms with van der Waals surface area (Å²) in [7, 11) is 0. The first-order chi connectivity index (χ1) is 17.4. The number of carboxylic acid groups (broad SMARTS) is 1. The van der Waals surface area contributed by atoms with Crippen LogP contribution in [-0.4, -0.2) is 105 Å². The van der Waals surface area contributed by atoms with E-state index in [2.05, 4.69) is 15.6 Å². The molecule has 3 saturated heterocycles. The van der Waals surface area contributed by atoms with Gasteiger partial charge in [0, 0.05) is 30.8 Å². The zero-order valence-electron chi connectivity index (χ0n) is 20.8. The Morgan fingerprint density at radius 2 is 1.95 bits per heavy atom. The van der Waals surface area contributed by atoms with E-state index in [-0.39, 0.29) is 52.8 Å². The molecule has 8 N–H and O–H groups in total. The van der Waals surface area contributed by atoms with Crippen LogP contribution in [0.25, 0.3) is 0 Å². The van der Waals surface area contributed by atoms with Crippen LogP contribution < -0.4 is 22.1 Å². The molecule has 7 atom stereocenters. The maximum atomic E-state index is 13.0. The number of ether oxygens (including phenoxy) is 1. The largest absolute Gasteiger partial charge is 0.512 e. The summed E-state index contributed by atoms with van der Waals surface area (Å²) in [6.45, 7) is 6.28. The fourth-order valence-corrected chi connectivity index (χ4v) is 6.76. The van der Waals surface area contributed by atoms with E-state index in [0.717, 1.165) is 0 Å². The number of aliphatic hydroxyl groups is 1. The van der Waals surface area contributed by atoms with Crippen LogP contribution in [0.15, 0.2) is 15.8 Å². The Bertz CT molecular complexity index is 1040. The van der Waals surface area contributed by atoms with Gasteiger partial charge in [0.15, 0.2) is 5.96 Å². The van der Waals surface area contributed by atoms with Crippen LogP contribution in [0.3, 0.4) is 0 Å². The van der Waals surface area contributed by atoms with Crippen molar-refractivity contribution in [2.24, 2.45) is 28.3 Å². The number of hydrogen-bond acceptors (Lipinski definition) is 9. The van der Waals surface area contributed by atoms with Gasteiger partial charge in [-0.25, -0.2) is 9.79 Å². The Labute approximate surface area is 217 Å². The normalized spacial score (nSPS) is 30.7. The molecule has 6 unspecified atom stereocenters. The average Bonchev–Trinajstić information content (AvgIpc) is 3.31. The topological polar surface area (TPSA) is 213 Å². The number of hydrogen-bond donors (Lipinski definition) is 6. The number of nitrogens with zero attached hydrogens (tertiary/aromatic N) is 3. The van der Waals surface area contributed by atoms with Crippen LogP contribution >= 0.6 is 11.8 Å². The van der Waals surface area contributed by atoms with Crippen LogP contribution in [0.2, 0.25) is 0 Å². The quantitative estimate of drug-likeness (QED) is 0.0872. The maximum Gasteiger partial charge on any atom is 0.512 e. The lowest BCUT2D eigenvalue weighted by Crippen LogP contribution is -2.64. The number of nitrogens with two attached hydrogens (primary N) is 2. The van der Waals surface area contributed by atoms with Gasteiger partial charge in [0.1, 0.15) is 6.04 Å². The van der Waals surface area contributed by atoms with E-state index in [1.165, 1.54) is 16.7 Å². The molecular formula is C22H33N7O7S. The molecule has 15 heteroatoms. The molecule has 3 fully saturated rings. The van der Waals surface area contributed by atoms with Crippen LogP contribution in [0, 0.1) is 11.8 Å². The van der Waals surface area contributed by atoms with E-state index < -0.39 is 30.3 Å². The number of nitrogens with one attached hydrogen (secondary N) is 2. The molecule has 0 aromatic carbocycles. The molecule has 0 aliphatic carbocycles. The van der Waals surface area contributed by atoms with E-state index in [4.69, 9.17) is 16.2 Å². The lowest BCUT2D eigenvalue weighted by molar-refractivity contribution is -0.163. The first-order valence-electron chi connectivity index (χ1n) is 12.1. The van der Waals surface area contributed by atoms with Gasteiger partial charge in [0.2, 0.25) is 23.6 Å². The third-order valence-corrected chi connectivity index (χ3v) is 8.68. The predicted octanol–water partition coefficient (Wildman–Crippen LogP) is -1.84. The number of guanidine groups is 1. The SMILES string of the molecule is CC(N=C(N)N)C(=O)NC1CN(C(=O)C2CC(SC3=C(OC(=O)O)N4C(=O)C(C(C)O)[C@@H]4C3C)CN2)C1. The van der Waals surface area contributed by atoms with Gasteiger partial charge in [0.05, 0.1) is 35.1 Å².